The standard InChI is InChI=1S/C20H36O4/c1-15(2)16(21)14-20(8,9)23-13-12-19(6,7)24-17(22)10-11-18(3,4)5/h1,10-14H2,2-9H3. The van der Waals surface area contributed by atoms with E-state index in [1.807, 2.05) is 27.7 Å². The highest BCUT2D eigenvalue weighted by atomic mass is 16.6. The largest absolute Gasteiger partial charge is 0.460 e. The zero-order valence-electron chi connectivity index (χ0n) is 16.9. The van der Waals surface area contributed by atoms with Crippen molar-refractivity contribution in [2.75, 3.05) is 6.61 Å². The molecule has 4 heteroatoms. The Hall–Kier alpha value is -1.16. The van der Waals surface area contributed by atoms with E-state index in [1.54, 1.807) is 6.92 Å². The van der Waals surface area contributed by atoms with Crippen LogP contribution in [0.2, 0.25) is 0 Å². The van der Waals surface area contributed by atoms with Gasteiger partial charge in [-0.1, -0.05) is 27.4 Å². The highest BCUT2D eigenvalue weighted by Crippen LogP contribution is 2.24. The summed E-state index contributed by atoms with van der Waals surface area (Å²) < 4.78 is 11.4. The van der Waals surface area contributed by atoms with Crippen LogP contribution in [0.1, 0.15) is 81.1 Å². The summed E-state index contributed by atoms with van der Waals surface area (Å²) >= 11 is 0. The van der Waals surface area contributed by atoms with Crippen LogP contribution in [0, 0.1) is 5.41 Å². The van der Waals surface area contributed by atoms with Crippen molar-refractivity contribution in [3.63, 3.8) is 0 Å². The molecule has 0 radical (unpaired) electrons. The maximum absolute atomic E-state index is 12.0. The number of carbonyl (C=O) groups excluding carboxylic acids is 2. The molecule has 0 rings (SSSR count). The van der Waals surface area contributed by atoms with Gasteiger partial charge in [-0.2, -0.15) is 0 Å². The summed E-state index contributed by atoms with van der Waals surface area (Å²) in [6, 6.07) is 0. The molecular formula is C20H36O4. The van der Waals surface area contributed by atoms with Crippen molar-refractivity contribution in [2.45, 2.75) is 92.3 Å². The predicted molar refractivity (Wildman–Crippen MR) is 97.9 cm³/mol. The van der Waals surface area contributed by atoms with Gasteiger partial charge in [0.2, 0.25) is 0 Å². The van der Waals surface area contributed by atoms with Gasteiger partial charge in [0.05, 0.1) is 12.2 Å². The van der Waals surface area contributed by atoms with Gasteiger partial charge in [-0.05, 0) is 52.0 Å². The number of allylic oxidation sites excluding steroid dienone is 1. The van der Waals surface area contributed by atoms with Crippen molar-refractivity contribution in [2.24, 2.45) is 5.41 Å². The van der Waals surface area contributed by atoms with E-state index in [0.29, 0.717) is 31.4 Å². The van der Waals surface area contributed by atoms with Crippen LogP contribution in [0.4, 0.5) is 0 Å². The highest BCUT2D eigenvalue weighted by molar-refractivity contribution is 5.94. The number of hydrogen-bond donors (Lipinski definition) is 0. The first kappa shape index (κ1) is 22.8. The Morgan fingerprint density at radius 3 is 1.92 bits per heavy atom. The molecule has 0 saturated heterocycles. The van der Waals surface area contributed by atoms with Gasteiger partial charge in [0.1, 0.15) is 5.60 Å². The molecule has 0 unspecified atom stereocenters. The summed E-state index contributed by atoms with van der Waals surface area (Å²) in [6.07, 6.45) is 2.11. The third-order valence-corrected chi connectivity index (χ3v) is 3.73. The van der Waals surface area contributed by atoms with Gasteiger partial charge in [-0.3, -0.25) is 9.59 Å². The van der Waals surface area contributed by atoms with Gasteiger partial charge >= 0.3 is 5.97 Å². The lowest BCUT2D eigenvalue weighted by atomic mass is 9.90. The number of rotatable bonds is 10. The molecule has 0 aromatic rings. The molecule has 0 heterocycles. The molecule has 0 aliphatic rings. The SMILES string of the molecule is C=C(C)C(=O)CC(C)(C)OCCC(C)(C)OC(=O)CCC(C)(C)C. The summed E-state index contributed by atoms with van der Waals surface area (Å²) in [6.45, 7) is 19.7. The monoisotopic (exact) mass is 340 g/mol. The third-order valence-electron chi connectivity index (χ3n) is 3.73. The molecule has 0 atom stereocenters. The number of carbonyl (C=O) groups is 2. The van der Waals surface area contributed by atoms with E-state index in [4.69, 9.17) is 9.47 Å². The summed E-state index contributed by atoms with van der Waals surface area (Å²) in [4.78, 5) is 23.7. The van der Waals surface area contributed by atoms with E-state index in [9.17, 15) is 9.59 Å². The van der Waals surface area contributed by atoms with Gasteiger partial charge in [-0.15, -0.1) is 0 Å². The molecule has 0 aliphatic carbocycles. The molecule has 0 aromatic heterocycles. The number of ether oxygens (including phenoxy) is 2. The normalized spacial score (nSPS) is 12.8. The second-order valence-corrected chi connectivity index (χ2v) is 9.03. The van der Waals surface area contributed by atoms with Crippen molar-refractivity contribution in [1.82, 2.24) is 0 Å². The molecule has 0 N–H and O–H groups in total. The summed E-state index contributed by atoms with van der Waals surface area (Å²) in [5, 5.41) is 0. The molecule has 0 bridgehead atoms. The van der Waals surface area contributed by atoms with E-state index >= 15 is 0 Å². The minimum atomic E-state index is -0.580. The van der Waals surface area contributed by atoms with E-state index in [2.05, 4.69) is 27.4 Å². The first-order valence-electron chi connectivity index (χ1n) is 8.68. The zero-order chi connectivity index (χ0) is 19.2. The van der Waals surface area contributed by atoms with Gasteiger partial charge in [0.25, 0.3) is 0 Å². The number of hydrogen-bond acceptors (Lipinski definition) is 4. The summed E-state index contributed by atoms with van der Waals surface area (Å²) in [5.41, 5.74) is -0.475. The lowest BCUT2D eigenvalue weighted by Crippen LogP contribution is -2.34. The average Bonchev–Trinajstić information content (AvgIpc) is 2.33. The fourth-order valence-corrected chi connectivity index (χ4v) is 2.05. The smallest absolute Gasteiger partial charge is 0.306 e. The molecule has 4 nitrogen and oxygen atoms in total. The van der Waals surface area contributed by atoms with Crippen LogP contribution in [-0.2, 0) is 19.1 Å². The zero-order valence-corrected chi connectivity index (χ0v) is 16.9. The van der Waals surface area contributed by atoms with Crippen LogP contribution in [0.3, 0.4) is 0 Å². The van der Waals surface area contributed by atoms with Crippen LogP contribution < -0.4 is 0 Å². The Labute approximate surface area is 148 Å². The molecule has 0 aromatic carbocycles. The van der Waals surface area contributed by atoms with Crippen molar-refractivity contribution in [3.8, 4) is 0 Å². The lowest BCUT2D eigenvalue weighted by Gasteiger charge is -2.29. The molecule has 24 heavy (non-hydrogen) atoms. The Morgan fingerprint density at radius 2 is 1.46 bits per heavy atom. The first-order valence-corrected chi connectivity index (χ1v) is 8.68. The van der Waals surface area contributed by atoms with Crippen molar-refractivity contribution < 1.29 is 19.1 Å². The van der Waals surface area contributed by atoms with E-state index < -0.39 is 11.2 Å². The Balaban J connectivity index is 4.30. The molecule has 0 aliphatic heterocycles. The summed E-state index contributed by atoms with van der Waals surface area (Å²) in [7, 11) is 0. The first-order chi connectivity index (χ1) is 10.6. The maximum Gasteiger partial charge on any atom is 0.306 e. The quantitative estimate of drug-likeness (QED) is 0.421. The second kappa shape index (κ2) is 8.80. The highest BCUT2D eigenvalue weighted by Gasteiger charge is 2.27. The van der Waals surface area contributed by atoms with E-state index in [0.717, 1.165) is 6.42 Å². The van der Waals surface area contributed by atoms with Crippen LogP contribution in [-0.4, -0.2) is 29.6 Å². The van der Waals surface area contributed by atoms with E-state index in [-0.39, 0.29) is 17.2 Å². The maximum atomic E-state index is 12.0. The fraction of sp³-hybridized carbons (Fsp3) is 0.800. The van der Waals surface area contributed by atoms with Gasteiger partial charge in [0, 0.05) is 19.3 Å². The molecule has 0 fully saturated rings. The van der Waals surface area contributed by atoms with Gasteiger partial charge < -0.3 is 9.47 Å². The molecular weight excluding hydrogens is 304 g/mol. The average molecular weight is 341 g/mol. The molecule has 0 saturated carbocycles. The van der Waals surface area contributed by atoms with Crippen LogP contribution >= 0.6 is 0 Å². The van der Waals surface area contributed by atoms with E-state index in [1.165, 1.54) is 0 Å². The second-order valence-electron chi connectivity index (χ2n) is 9.03. The Kier molecular flexibility index (Phi) is 8.37. The molecule has 0 spiro atoms. The van der Waals surface area contributed by atoms with Crippen molar-refractivity contribution >= 4 is 11.8 Å². The minimum absolute atomic E-state index is 0.00729. The Morgan fingerprint density at radius 1 is 0.917 bits per heavy atom. The number of ketones is 1. The molecule has 0 amide bonds. The Bertz CT molecular complexity index is 453. The summed E-state index contributed by atoms with van der Waals surface area (Å²) in [5.74, 6) is -0.167. The van der Waals surface area contributed by atoms with Crippen LogP contribution in [0.5, 0.6) is 0 Å². The number of Topliss-reactive ketones (excluding diaryl/α,β-unsaturated/α-hetero) is 1. The van der Waals surface area contributed by atoms with Gasteiger partial charge in [0.15, 0.2) is 5.78 Å². The predicted octanol–water partition coefficient (Wildman–Crippen LogP) is 4.86. The molecule has 140 valence electrons. The lowest BCUT2D eigenvalue weighted by molar-refractivity contribution is -0.159. The fourth-order valence-electron chi connectivity index (χ4n) is 2.05. The van der Waals surface area contributed by atoms with Crippen LogP contribution in [0.15, 0.2) is 12.2 Å². The van der Waals surface area contributed by atoms with Crippen molar-refractivity contribution in [3.05, 3.63) is 12.2 Å². The minimum Gasteiger partial charge on any atom is -0.460 e. The topological polar surface area (TPSA) is 52.6 Å². The van der Waals surface area contributed by atoms with Crippen molar-refractivity contribution in [1.29, 1.82) is 0 Å². The van der Waals surface area contributed by atoms with Crippen LogP contribution in [0.25, 0.3) is 0 Å². The van der Waals surface area contributed by atoms with Gasteiger partial charge in [-0.25, -0.2) is 0 Å². The number of esters is 1. The third kappa shape index (κ3) is 11.4.